The molecule has 104 valence electrons. The van der Waals surface area contributed by atoms with Crippen molar-refractivity contribution in [2.45, 2.75) is 38.0 Å². The fourth-order valence-electron chi connectivity index (χ4n) is 1.95. The molecule has 0 unspecified atom stereocenters. The van der Waals surface area contributed by atoms with Crippen LogP contribution in [0, 0.1) is 5.92 Å². The average Bonchev–Trinajstić information content (AvgIpc) is 2.22. The van der Waals surface area contributed by atoms with Crippen LogP contribution in [0.1, 0.15) is 19.8 Å². The maximum absolute atomic E-state index is 11.7. The van der Waals surface area contributed by atoms with Crippen molar-refractivity contribution in [2.75, 3.05) is 13.6 Å². The molecule has 7 heteroatoms. The number of amides is 2. The van der Waals surface area contributed by atoms with E-state index in [1.54, 1.807) is 7.05 Å². The van der Waals surface area contributed by atoms with Crippen LogP contribution in [0.25, 0.3) is 0 Å². The molecule has 4 N–H and O–H groups in total. The molecule has 1 saturated carbocycles. The number of rotatable bonds is 5. The van der Waals surface area contributed by atoms with E-state index >= 15 is 0 Å². The average molecular weight is 260 g/mol. The van der Waals surface area contributed by atoms with E-state index in [-0.39, 0.29) is 12.0 Å². The van der Waals surface area contributed by atoms with Gasteiger partial charge in [-0.15, -0.1) is 0 Å². The number of carboxylic acid groups (broad SMARTS) is 1. The van der Waals surface area contributed by atoms with Crippen molar-refractivity contribution < 1.29 is 24.9 Å². The van der Waals surface area contributed by atoms with Gasteiger partial charge in [0.2, 0.25) is 0 Å². The molecule has 1 fully saturated rings. The van der Waals surface area contributed by atoms with Gasteiger partial charge in [-0.2, -0.15) is 0 Å². The number of carboxylic acids is 1. The van der Waals surface area contributed by atoms with Crippen LogP contribution in [-0.4, -0.2) is 64.1 Å². The number of aliphatic hydroxyl groups is 2. The summed E-state index contributed by atoms with van der Waals surface area (Å²) in [5.74, 6) is -1.02. The lowest BCUT2D eigenvalue weighted by Crippen LogP contribution is -2.52. The zero-order chi connectivity index (χ0) is 13.9. The molecule has 0 aromatic carbocycles. The van der Waals surface area contributed by atoms with Gasteiger partial charge >= 0.3 is 12.0 Å². The summed E-state index contributed by atoms with van der Waals surface area (Å²) < 4.78 is 0. The van der Waals surface area contributed by atoms with E-state index < -0.39 is 24.1 Å². The summed E-state index contributed by atoms with van der Waals surface area (Å²) in [5, 5.41) is 29.4. The van der Waals surface area contributed by atoms with E-state index in [1.807, 2.05) is 0 Å². The fraction of sp³-hybridized carbons (Fsp3) is 0.818. The van der Waals surface area contributed by atoms with E-state index in [4.69, 9.17) is 10.2 Å². The van der Waals surface area contributed by atoms with Crippen molar-refractivity contribution >= 4 is 12.0 Å². The van der Waals surface area contributed by atoms with Gasteiger partial charge in [0.15, 0.2) is 6.04 Å². The molecule has 1 aliphatic carbocycles. The summed E-state index contributed by atoms with van der Waals surface area (Å²) in [5.41, 5.74) is 0. The smallest absolute Gasteiger partial charge is 0.328 e. The maximum Gasteiger partial charge on any atom is 0.328 e. The zero-order valence-electron chi connectivity index (χ0n) is 10.5. The van der Waals surface area contributed by atoms with Gasteiger partial charge in [-0.25, -0.2) is 9.59 Å². The molecule has 0 spiro atoms. The van der Waals surface area contributed by atoms with E-state index in [0.717, 1.165) is 0 Å². The van der Waals surface area contributed by atoms with Crippen LogP contribution >= 0.6 is 0 Å². The number of aliphatic carboxylic acids is 1. The Labute approximate surface area is 105 Å². The Balaban J connectivity index is 2.40. The molecule has 0 radical (unpaired) electrons. The van der Waals surface area contributed by atoms with Crippen molar-refractivity contribution in [3.8, 4) is 0 Å². The number of hydrogen-bond donors (Lipinski definition) is 4. The number of carbonyl (C=O) groups excluding carboxylic acids is 1. The molecule has 0 aromatic heterocycles. The third kappa shape index (κ3) is 3.85. The van der Waals surface area contributed by atoms with Gasteiger partial charge in [-0.05, 0) is 25.7 Å². The molecule has 0 aromatic rings. The molecule has 2 amide bonds. The summed E-state index contributed by atoms with van der Waals surface area (Å²) >= 11 is 0. The largest absolute Gasteiger partial charge is 0.480 e. The highest BCUT2D eigenvalue weighted by atomic mass is 16.4. The highest BCUT2D eigenvalue weighted by Gasteiger charge is 2.31. The molecule has 1 rings (SSSR count). The van der Waals surface area contributed by atoms with Gasteiger partial charge in [0.05, 0.1) is 12.2 Å². The first-order valence-corrected chi connectivity index (χ1v) is 5.91. The minimum atomic E-state index is -1.31. The first-order valence-electron chi connectivity index (χ1n) is 5.91. The van der Waals surface area contributed by atoms with E-state index in [1.165, 1.54) is 11.8 Å². The number of aliphatic hydroxyl groups excluding tert-OH is 2. The molecular weight excluding hydrogens is 240 g/mol. The quantitative estimate of drug-likeness (QED) is 0.519. The number of nitrogens with zero attached hydrogens (tertiary/aromatic N) is 1. The van der Waals surface area contributed by atoms with Crippen molar-refractivity contribution in [1.82, 2.24) is 10.2 Å². The lowest BCUT2D eigenvalue weighted by Gasteiger charge is -2.34. The van der Waals surface area contributed by atoms with Gasteiger partial charge in [0, 0.05) is 13.6 Å². The zero-order valence-corrected chi connectivity index (χ0v) is 10.5. The fourth-order valence-corrected chi connectivity index (χ4v) is 1.95. The second-order valence-electron chi connectivity index (χ2n) is 4.88. The Kier molecular flexibility index (Phi) is 4.92. The minimum absolute atomic E-state index is 0.255. The Morgan fingerprint density at radius 1 is 1.44 bits per heavy atom. The second kappa shape index (κ2) is 6.01. The van der Waals surface area contributed by atoms with E-state index in [2.05, 4.69) is 5.32 Å². The van der Waals surface area contributed by atoms with Gasteiger partial charge in [-0.1, -0.05) is 0 Å². The number of urea groups is 1. The van der Waals surface area contributed by atoms with Crippen molar-refractivity contribution in [1.29, 1.82) is 0 Å². The summed E-state index contributed by atoms with van der Waals surface area (Å²) in [6.45, 7) is 1.77. The Hall–Kier alpha value is -1.34. The molecule has 0 heterocycles. The standard InChI is InChI=1S/C11H20N2O5/c1-6(14)9(10(16)17)12-11(18)13(2)5-7-3-8(15)4-7/h6-9,14-15H,3-5H2,1-2H3,(H,12,18)(H,16,17)/t6-,7?,8?,9+/m1/s1. The second-order valence-corrected chi connectivity index (χ2v) is 4.88. The topological polar surface area (TPSA) is 110 Å². The molecule has 18 heavy (non-hydrogen) atoms. The molecule has 0 aliphatic heterocycles. The van der Waals surface area contributed by atoms with Crippen LogP contribution in [0.15, 0.2) is 0 Å². The minimum Gasteiger partial charge on any atom is -0.480 e. The van der Waals surface area contributed by atoms with E-state index in [9.17, 15) is 14.7 Å². The Morgan fingerprint density at radius 2 is 2.00 bits per heavy atom. The monoisotopic (exact) mass is 260 g/mol. The number of nitrogens with one attached hydrogen (secondary N) is 1. The number of hydrogen-bond acceptors (Lipinski definition) is 4. The third-order valence-electron chi connectivity index (χ3n) is 3.12. The van der Waals surface area contributed by atoms with Gasteiger partial charge in [0.25, 0.3) is 0 Å². The van der Waals surface area contributed by atoms with Gasteiger partial charge in [-0.3, -0.25) is 0 Å². The highest BCUT2D eigenvalue weighted by Crippen LogP contribution is 2.27. The van der Waals surface area contributed by atoms with Crippen LogP contribution < -0.4 is 5.32 Å². The predicted octanol–water partition coefficient (Wildman–Crippen LogP) is -0.767. The maximum atomic E-state index is 11.7. The Bertz CT molecular complexity index is 315. The number of carbonyl (C=O) groups is 2. The summed E-state index contributed by atoms with van der Waals surface area (Å²) in [6, 6.07) is -1.85. The molecule has 1 aliphatic rings. The first-order chi connectivity index (χ1) is 8.31. The summed E-state index contributed by atoms with van der Waals surface area (Å²) in [7, 11) is 1.56. The molecule has 7 nitrogen and oxygen atoms in total. The van der Waals surface area contributed by atoms with Crippen molar-refractivity contribution in [3.63, 3.8) is 0 Å². The van der Waals surface area contributed by atoms with Crippen LogP contribution in [-0.2, 0) is 4.79 Å². The third-order valence-corrected chi connectivity index (χ3v) is 3.12. The van der Waals surface area contributed by atoms with Crippen LogP contribution in [0.4, 0.5) is 4.79 Å². The van der Waals surface area contributed by atoms with Gasteiger partial charge < -0.3 is 25.5 Å². The molecule has 2 atom stereocenters. The summed E-state index contributed by atoms with van der Waals surface area (Å²) in [6.07, 6.45) is -0.117. The van der Waals surface area contributed by atoms with Gasteiger partial charge in [0.1, 0.15) is 0 Å². The van der Waals surface area contributed by atoms with E-state index in [0.29, 0.717) is 19.4 Å². The lowest BCUT2D eigenvalue weighted by atomic mass is 9.82. The molecule has 0 bridgehead atoms. The van der Waals surface area contributed by atoms with Crippen molar-refractivity contribution in [3.05, 3.63) is 0 Å². The molecular formula is C11H20N2O5. The highest BCUT2D eigenvalue weighted by molar-refractivity contribution is 5.82. The molecule has 0 saturated heterocycles. The SMILES string of the molecule is C[C@@H](O)[C@H](NC(=O)N(C)CC1CC(O)C1)C(=O)O. The van der Waals surface area contributed by atoms with Crippen molar-refractivity contribution in [2.24, 2.45) is 5.92 Å². The lowest BCUT2D eigenvalue weighted by molar-refractivity contribution is -0.141. The van der Waals surface area contributed by atoms with Crippen LogP contribution in [0.3, 0.4) is 0 Å². The summed E-state index contributed by atoms with van der Waals surface area (Å²) in [4.78, 5) is 23.9. The predicted molar refractivity (Wildman–Crippen MR) is 63.0 cm³/mol. The van der Waals surface area contributed by atoms with Crippen LogP contribution in [0.2, 0.25) is 0 Å². The normalized spacial score (nSPS) is 25.8. The first kappa shape index (κ1) is 14.7. The Morgan fingerprint density at radius 3 is 2.39 bits per heavy atom. The van der Waals surface area contributed by atoms with Crippen LogP contribution in [0.5, 0.6) is 0 Å².